The SMILES string of the molecule is CCOC(=O)C1=C(C=O)C2(CCCC2)OC1=O. The van der Waals surface area contributed by atoms with Gasteiger partial charge in [-0.25, -0.2) is 9.59 Å². The highest BCUT2D eigenvalue weighted by Crippen LogP contribution is 2.44. The Labute approximate surface area is 98.8 Å². The average molecular weight is 238 g/mol. The van der Waals surface area contributed by atoms with E-state index in [0.29, 0.717) is 19.1 Å². The lowest BCUT2D eigenvalue weighted by molar-refractivity contribution is -0.150. The minimum Gasteiger partial charge on any atom is -0.462 e. The predicted octanol–water partition coefficient (Wildman–Crippen LogP) is 0.915. The summed E-state index contributed by atoms with van der Waals surface area (Å²) in [6, 6.07) is 0. The van der Waals surface area contributed by atoms with Gasteiger partial charge in [0.05, 0.1) is 12.2 Å². The molecule has 0 N–H and O–H groups in total. The van der Waals surface area contributed by atoms with Crippen molar-refractivity contribution in [2.45, 2.75) is 38.2 Å². The van der Waals surface area contributed by atoms with Crippen LogP contribution in [0.1, 0.15) is 32.6 Å². The van der Waals surface area contributed by atoms with Crippen LogP contribution in [0.2, 0.25) is 0 Å². The van der Waals surface area contributed by atoms with Gasteiger partial charge in [-0.1, -0.05) is 0 Å². The molecule has 1 fully saturated rings. The lowest BCUT2D eigenvalue weighted by atomic mass is 9.91. The summed E-state index contributed by atoms with van der Waals surface area (Å²) in [4.78, 5) is 34.4. The van der Waals surface area contributed by atoms with Crippen molar-refractivity contribution in [2.75, 3.05) is 6.61 Å². The molecule has 1 saturated carbocycles. The Balaban J connectivity index is 2.41. The molecule has 1 aliphatic carbocycles. The Hall–Kier alpha value is -1.65. The normalized spacial score (nSPS) is 21.8. The maximum Gasteiger partial charge on any atom is 0.347 e. The topological polar surface area (TPSA) is 69.7 Å². The molecule has 0 radical (unpaired) electrons. The maximum absolute atomic E-state index is 11.7. The second kappa shape index (κ2) is 4.31. The first-order valence-electron chi connectivity index (χ1n) is 5.75. The molecule has 2 aliphatic rings. The smallest absolute Gasteiger partial charge is 0.347 e. The van der Waals surface area contributed by atoms with Crippen LogP contribution in [0.5, 0.6) is 0 Å². The number of aldehydes is 1. The largest absolute Gasteiger partial charge is 0.462 e. The van der Waals surface area contributed by atoms with E-state index in [9.17, 15) is 14.4 Å². The van der Waals surface area contributed by atoms with Crippen molar-refractivity contribution >= 4 is 18.2 Å². The van der Waals surface area contributed by atoms with E-state index < -0.39 is 17.5 Å². The summed E-state index contributed by atoms with van der Waals surface area (Å²) in [5.74, 6) is -1.49. The van der Waals surface area contributed by atoms with Crippen LogP contribution in [0.4, 0.5) is 0 Å². The quantitative estimate of drug-likeness (QED) is 0.415. The summed E-state index contributed by atoms with van der Waals surface area (Å²) in [7, 11) is 0. The van der Waals surface area contributed by atoms with E-state index in [4.69, 9.17) is 9.47 Å². The molecule has 0 amide bonds. The highest BCUT2D eigenvalue weighted by atomic mass is 16.6. The van der Waals surface area contributed by atoms with Crippen LogP contribution in [0, 0.1) is 0 Å². The van der Waals surface area contributed by atoms with Gasteiger partial charge >= 0.3 is 11.9 Å². The van der Waals surface area contributed by atoms with Gasteiger partial charge < -0.3 is 9.47 Å². The van der Waals surface area contributed by atoms with Gasteiger partial charge in [0.1, 0.15) is 5.60 Å². The summed E-state index contributed by atoms with van der Waals surface area (Å²) in [5, 5.41) is 0. The third-order valence-electron chi connectivity index (χ3n) is 3.26. The number of ether oxygens (including phenoxy) is 2. The fraction of sp³-hybridized carbons (Fsp3) is 0.583. The van der Waals surface area contributed by atoms with Gasteiger partial charge in [-0.05, 0) is 32.6 Å². The van der Waals surface area contributed by atoms with E-state index in [-0.39, 0.29) is 17.8 Å². The lowest BCUT2D eigenvalue weighted by Gasteiger charge is -2.22. The van der Waals surface area contributed by atoms with Crippen molar-refractivity contribution in [2.24, 2.45) is 0 Å². The molecule has 0 bridgehead atoms. The molecule has 1 heterocycles. The van der Waals surface area contributed by atoms with E-state index in [1.54, 1.807) is 6.92 Å². The summed E-state index contributed by atoms with van der Waals surface area (Å²) < 4.78 is 10.0. The number of carbonyl (C=O) groups is 3. The zero-order chi connectivity index (χ0) is 12.5. The number of hydrogen-bond acceptors (Lipinski definition) is 5. The predicted molar refractivity (Wildman–Crippen MR) is 57.0 cm³/mol. The van der Waals surface area contributed by atoms with Crippen molar-refractivity contribution in [3.63, 3.8) is 0 Å². The van der Waals surface area contributed by atoms with Crippen molar-refractivity contribution in [1.29, 1.82) is 0 Å². The average Bonchev–Trinajstić information content (AvgIpc) is 2.84. The summed E-state index contributed by atoms with van der Waals surface area (Å²) in [5.41, 5.74) is -0.914. The Morgan fingerprint density at radius 2 is 2.12 bits per heavy atom. The van der Waals surface area contributed by atoms with Gasteiger partial charge in [0.25, 0.3) is 0 Å². The first-order valence-corrected chi connectivity index (χ1v) is 5.75. The standard InChI is InChI=1S/C12H14O5/c1-2-16-10(14)9-8(7-13)12(17-11(9)15)5-3-4-6-12/h7H,2-6H2,1H3. The minimum atomic E-state index is -0.860. The van der Waals surface area contributed by atoms with Crippen LogP contribution >= 0.6 is 0 Å². The van der Waals surface area contributed by atoms with Gasteiger partial charge in [0.2, 0.25) is 0 Å². The molecular weight excluding hydrogens is 224 g/mol. The molecule has 5 nitrogen and oxygen atoms in total. The second-order valence-electron chi connectivity index (χ2n) is 4.22. The highest BCUT2D eigenvalue weighted by Gasteiger charge is 2.51. The van der Waals surface area contributed by atoms with Crippen molar-refractivity contribution in [1.82, 2.24) is 0 Å². The molecule has 0 unspecified atom stereocenters. The van der Waals surface area contributed by atoms with Crippen molar-refractivity contribution in [3.05, 3.63) is 11.1 Å². The number of carbonyl (C=O) groups excluding carboxylic acids is 3. The number of hydrogen-bond donors (Lipinski definition) is 0. The fourth-order valence-electron chi connectivity index (χ4n) is 2.50. The summed E-state index contributed by atoms with van der Waals surface area (Å²) in [6.45, 7) is 1.80. The molecule has 0 aromatic carbocycles. The summed E-state index contributed by atoms with van der Waals surface area (Å²) >= 11 is 0. The molecule has 0 aromatic rings. The highest BCUT2D eigenvalue weighted by molar-refractivity contribution is 6.20. The van der Waals surface area contributed by atoms with Crippen LogP contribution < -0.4 is 0 Å². The third kappa shape index (κ3) is 1.75. The van der Waals surface area contributed by atoms with Gasteiger partial charge in [-0.3, -0.25) is 4.79 Å². The van der Waals surface area contributed by atoms with E-state index >= 15 is 0 Å². The van der Waals surface area contributed by atoms with E-state index in [1.807, 2.05) is 0 Å². The van der Waals surface area contributed by atoms with Crippen LogP contribution in [-0.4, -0.2) is 30.4 Å². The molecule has 0 aromatic heterocycles. The molecule has 5 heteroatoms. The Morgan fingerprint density at radius 3 is 2.65 bits per heavy atom. The molecule has 0 saturated heterocycles. The second-order valence-corrected chi connectivity index (χ2v) is 4.22. The number of esters is 2. The first-order chi connectivity index (χ1) is 8.14. The van der Waals surface area contributed by atoms with Crippen LogP contribution in [-0.2, 0) is 23.9 Å². The molecular formula is C12H14O5. The molecule has 1 spiro atoms. The van der Waals surface area contributed by atoms with Crippen LogP contribution in [0.3, 0.4) is 0 Å². The van der Waals surface area contributed by atoms with E-state index in [2.05, 4.69) is 0 Å². The summed E-state index contributed by atoms with van der Waals surface area (Å²) in [6.07, 6.45) is 3.55. The van der Waals surface area contributed by atoms with Gasteiger partial charge in [-0.2, -0.15) is 0 Å². The number of rotatable bonds is 3. The minimum absolute atomic E-state index is 0.161. The maximum atomic E-state index is 11.7. The Kier molecular flexibility index (Phi) is 3.00. The Bertz CT molecular complexity index is 401. The van der Waals surface area contributed by atoms with Crippen molar-refractivity contribution < 1.29 is 23.9 Å². The van der Waals surface area contributed by atoms with E-state index in [0.717, 1.165) is 12.8 Å². The van der Waals surface area contributed by atoms with Gasteiger partial charge in [0, 0.05) is 0 Å². The zero-order valence-corrected chi connectivity index (χ0v) is 9.65. The van der Waals surface area contributed by atoms with Gasteiger partial charge in [0.15, 0.2) is 11.9 Å². The van der Waals surface area contributed by atoms with Crippen molar-refractivity contribution in [3.8, 4) is 0 Å². The monoisotopic (exact) mass is 238 g/mol. The Morgan fingerprint density at radius 1 is 1.47 bits per heavy atom. The fourth-order valence-corrected chi connectivity index (χ4v) is 2.50. The molecule has 17 heavy (non-hydrogen) atoms. The molecule has 1 aliphatic heterocycles. The third-order valence-corrected chi connectivity index (χ3v) is 3.26. The zero-order valence-electron chi connectivity index (χ0n) is 9.65. The molecule has 92 valence electrons. The molecule has 0 atom stereocenters. The van der Waals surface area contributed by atoms with Crippen LogP contribution in [0.15, 0.2) is 11.1 Å². The van der Waals surface area contributed by atoms with E-state index in [1.165, 1.54) is 0 Å². The first kappa shape index (κ1) is 11.8. The van der Waals surface area contributed by atoms with Gasteiger partial charge in [-0.15, -0.1) is 0 Å². The lowest BCUT2D eigenvalue weighted by Crippen LogP contribution is -2.28. The van der Waals surface area contributed by atoms with Crippen LogP contribution in [0.25, 0.3) is 0 Å². The molecule has 2 rings (SSSR count).